The summed E-state index contributed by atoms with van der Waals surface area (Å²) < 4.78 is 0.911. The molecular weight excluding hydrogens is 296 g/mol. The molecule has 1 aromatic carbocycles. The molecule has 2 rings (SSSR count). The van der Waals surface area contributed by atoms with Crippen molar-refractivity contribution in [3.63, 3.8) is 0 Å². The van der Waals surface area contributed by atoms with E-state index in [9.17, 15) is 9.59 Å². The number of carbonyl (C=O) groups is 2. The second-order valence-corrected chi connectivity index (χ2v) is 5.10. The van der Waals surface area contributed by atoms with E-state index in [1.165, 1.54) is 6.08 Å². The molecule has 0 spiro atoms. The van der Waals surface area contributed by atoms with Crippen molar-refractivity contribution in [3.8, 4) is 0 Å². The van der Waals surface area contributed by atoms with Crippen molar-refractivity contribution in [1.82, 2.24) is 10.6 Å². The van der Waals surface area contributed by atoms with Crippen molar-refractivity contribution in [2.45, 2.75) is 13.0 Å². The summed E-state index contributed by atoms with van der Waals surface area (Å²) in [6.45, 7) is 2.53. The number of nitrogens with one attached hydrogen (secondary N) is 2. The van der Waals surface area contributed by atoms with E-state index in [1.54, 1.807) is 24.3 Å². The average molecular weight is 309 g/mol. The highest BCUT2D eigenvalue weighted by atomic mass is 79.9. The monoisotopic (exact) mass is 308 g/mol. The van der Waals surface area contributed by atoms with Gasteiger partial charge in [-0.3, -0.25) is 9.59 Å². The third-order valence-corrected chi connectivity index (χ3v) is 3.15. The van der Waals surface area contributed by atoms with E-state index in [0.29, 0.717) is 17.8 Å². The lowest BCUT2D eigenvalue weighted by Crippen LogP contribution is -2.49. The van der Waals surface area contributed by atoms with Gasteiger partial charge >= 0.3 is 0 Å². The fraction of sp³-hybridized carbons (Fsp3) is 0.231. The van der Waals surface area contributed by atoms with Crippen LogP contribution in [0.3, 0.4) is 0 Å². The van der Waals surface area contributed by atoms with Gasteiger partial charge in [-0.25, -0.2) is 0 Å². The number of piperazine rings is 1. The van der Waals surface area contributed by atoms with Crippen LogP contribution in [0.2, 0.25) is 0 Å². The zero-order chi connectivity index (χ0) is 13.1. The molecule has 1 fully saturated rings. The third kappa shape index (κ3) is 2.98. The van der Waals surface area contributed by atoms with Crippen LogP contribution < -0.4 is 10.6 Å². The number of ketones is 1. The summed E-state index contributed by atoms with van der Waals surface area (Å²) in [6, 6.07) is 7.10. The Morgan fingerprint density at radius 1 is 1.39 bits per heavy atom. The van der Waals surface area contributed by atoms with E-state index in [0.717, 1.165) is 4.47 Å². The zero-order valence-corrected chi connectivity index (χ0v) is 11.5. The first-order valence-electron chi connectivity index (χ1n) is 5.62. The van der Waals surface area contributed by atoms with Gasteiger partial charge in [0.15, 0.2) is 5.78 Å². The molecule has 94 valence electrons. The highest BCUT2D eigenvalue weighted by Gasteiger charge is 2.19. The fourth-order valence-electron chi connectivity index (χ4n) is 1.64. The van der Waals surface area contributed by atoms with E-state index in [-0.39, 0.29) is 17.7 Å². The Kier molecular flexibility index (Phi) is 3.81. The molecule has 1 heterocycles. The van der Waals surface area contributed by atoms with Gasteiger partial charge in [0.25, 0.3) is 5.91 Å². The quantitative estimate of drug-likeness (QED) is 0.645. The second-order valence-electron chi connectivity index (χ2n) is 4.18. The highest BCUT2D eigenvalue weighted by molar-refractivity contribution is 9.10. The van der Waals surface area contributed by atoms with Crippen LogP contribution in [-0.4, -0.2) is 24.3 Å². The number of hydrogen-bond donors (Lipinski definition) is 2. The van der Waals surface area contributed by atoms with Crippen LogP contribution in [-0.2, 0) is 4.79 Å². The van der Waals surface area contributed by atoms with E-state index < -0.39 is 0 Å². The molecule has 0 radical (unpaired) electrons. The fourth-order valence-corrected chi connectivity index (χ4v) is 1.91. The third-order valence-electron chi connectivity index (χ3n) is 2.62. The van der Waals surface area contributed by atoms with Crippen molar-refractivity contribution < 1.29 is 9.59 Å². The molecule has 4 nitrogen and oxygen atoms in total. The Morgan fingerprint density at radius 3 is 2.67 bits per heavy atom. The van der Waals surface area contributed by atoms with Crippen LogP contribution in [0.1, 0.15) is 17.3 Å². The molecule has 5 heteroatoms. The Hall–Kier alpha value is -1.62. The lowest BCUT2D eigenvalue weighted by Gasteiger charge is -2.23. The maximum atomic E-state index is 11.9. The molecule has 0 aromatic heterocycles. The van der Waals surface area contributed by atoms with Gasteiger partial charge in [-0.15, -0.1) is 0 Å². The number of allylic oxidation sites excluding steroid dienone is 1. The summed E-state index contributed by atoms with van der Waals surface area (Å²) >= 11 is 3.31. The minimum Gasteiger partial charge on any atom is -0.378 e. The predicted molar refractivity (Wildman–Crippen MR) is 72.2 cm³/mol. The molecule has 0 bridgehead atoms. The smallest absolute Gasteiger partial charge is 0.267 e. The molecule has 0 aliphatic carbocycles. The van der Waals surface area contributed by atoms with Crippen LogP contribution in [0.4, 0.5) is 0 Å². The Bertz CT molecular complexity index is 508. The zero-order valence-electron chi connectivity index (χ0n) is 9.87. The van der Waals surface area contributed by atoms with Gasteiger partial charge in [0.1, 0.15) is 5.70 Å². The lowest BCUT2D eigenvalue weighted by atomic mass is 10.1. The first-order chi connectivity index (χ1) is 8.56. The maximum absolute atomic E-state index is 11.9. The van der Waals surface area contributed by atoms with Crippen molar-refractivity contribution in [3.05, 3.63) is 46.1 Å². The topological polar surface area (TPSA) is 58.2 Å². The molecule has 1 amide bonds. The molecule has 1 unspecified atom stereocenters. The average Bonchev–Trinajstić information content (AvgIpc) is 2.33. The first-order valence-corrected chi connectivity index (χ1v) is 6.42. The van der Waals surface area contributed by atoms with Gasteiger partial charge in [-0.1, -0.05) is 15.9 Å². The molecule has 18 heavy (non-hydrogen) atoms. The van der Waals surface area contributed by atoms with Gasteiger partial charge in [0.05, 0.1) is 0 Å². The van der Waals surface area contributed by atoms with Gasteiger partial charge in [-0.2, -0.15) is 0 Å². The number of rotatable bonds is 2. The van der Waals surface area contributed by atoms with Crippen LogP contribution in [0, 0.1) is 0 Å². The molecule has 1 saturated heterocycles. The van der Waals surface area contributed by atoms with E-state index >= 15 is 0 Å². The summed E-state index contributed by atoms with van der Waals surface area (Å²) in [4.78, 5) is 23.6. The molecule has 1 atom stereocenters. The van der Waals surface area contributed by atoms with Crippen LogP contribution in [0.5, 0.6) is 0 Å². The summed E-state index contributed by atoms with van der Waals surface area (Å²) in [7, 11) is 0. The summed E-state index contributed by atoms with van der Waals surface area (Å²) in [5.41, 5.74) is 0.875. The van der Waals surface area contributed by atoms with Gasteiger partial charge in [-0.05, 0) is 31.2 Å². The summed E-state index contributed by atoms with van der Waals surface area (Å²) in [5.74, 6) is -0.422. The number of carbonyl (C=O) groups excluding carboxylic acids is 2. The Balaban J connectivity index is 2.15. The first kappa shape index (κ1) is 12.8. The minimum absolute atomic E-state index is 0.0810. The lowest BCUT2D eigenvalue weighted by molar-refractivity contribution is -0.119. The Labute approximate surface area is 114 Å². The normalized spacial score (nSPS) is 21.3. The van der Waals surface area contributed by atoms with Crippen molar-refractivity contribution in [2.75, 3.05) is 6.54 Å². The number of halogens is 1. The standard InChI is InChI=1S/C13H13BrN2O2/c1-8-7-15-11(13(18)16-8)6-12(17)9-2-4-10(14)5-3-9/h2-6,8,15H,7H2,1H3,(H,16,18)/b11-6-. The van der Waals surface area contributed by atoms with Gasteiger partial charge < -0.3 is 10.6 Å². The maximum Gasteiger partial charge on any atom is 0.267 e. The molecule has 1 aliphatic heterocycles. The molecule has 2 N–H and O–H groups in total. The number of hydrogen-bond acceptors (Lipinski definition) is 3. The van der Waals surface area contributed by atoms with Crippen LogP contribution in [0.25, 0.3) is 0 Å². The van der Waals surface area contributed by atoms with E-state index in [2.05, 4.69) is 26.6 Å². The van der Waals surface area contributed by atoms with Crippen molar-refractivity contribution in [2.24, 2.45) is 0 Å². The van der Waals surface area contributed by atoms with Crippen LogP contribution in [0.15, 0.2) is 40.5 Å². The Morgan fingerprint density at radius 2 is 2.06 bits per heavy atom. The van der Waals surface area contributed by atoms with E-state index in [1.807, 2.05) is 6.92 Å². The highest BCUT2D eigenvalue weighted by Crippen LogP contribution is 2.12. The molecule has 1 aliphatic rings. The second kappa shape index (κ2) is 5.35. The minimum atomic E-state index is -0.237. The van der Waals surface area contributed by atoms with Crippen molar-refractivity contribution in [1.29, 1.82) is 0 Å². The summed E-state index contributed by atoms with van der Waals surface area (Å²) in [5, 5.41) is 5.72. The largest absolute Gasteiger partial charge is 0.378 e. The van der Waals surface area contributed by atoms with Crippen LogP contribution >= 0.6 is 15.9 Å². The SMILES string of the molecule is CC1CN/C(=C\C(=O)c2ccc(Br)cc2)C(=O)N1. The molecule has 1 aromatic rings. The molecular formula is C13H13BrN2O2. The molecule has 0 saturated carbocycles. The summed E-state index contributed by atoms with van der Waals surface area (Å²) in [6.07, 6.45) is 1.34. The van der Waals surface area contributed by atoms with E-state index in [4.69, 9.17) is 0 Å². The van der Waals surface area contributed by atoms with Crippen molar-refractivity contribution >= 4 is 27.6 Å². The number of benzene rings is 1. The predicted octanol–water partition coefficient (Wildman–Crippen LogP) is 1.62. The van der Waals surface area contributed by atoms with Gasteiger partial charge in [0, 0.05) is 28.7 Å². The van der Waals surface area contributed by atoms with Gasteiger partial charge in [0.2, 0.25) is 0 Å². The number of amides is 1.